The molecule has 1 aromatic carbocycles. The maximum absolute atomic E-state index is 11.4. The fourth-order valence-electron chi connectivity index (χ4n) is 1.22. The number of carbonyl (C=O) groups is 1. The Morgan fingerprint density at radius 1 is 1.60 bits per heavy atom. The SMILES string of the molecule is CCOC(=O)c1cccc(C(C)C#N)c1. The van der Waals surface area contributed by atoms with E-state index >= 15 is 0 Å². The number of esters is 1. The van der Waals surface area contributed by atoms with Gasteiger partial charge in [0.25, 0.3) is 0 Å². The third-order valence-electron chi connectivity index (χ3n) is 2.09. The van der Waals surface area contributed by atoms with Crippen LogP contribution in [0.4, 0.5) is 0 Å². The zero-order valence-electron chi connectivity index (χ0n) is 8.86. The van der Waals surface area contributed by atoms with Gasteiger partial charge in [-0.05, 0) is 31.5 Å². The van der Waals surface area contributed by atoms with Crippen molar-refractivity contribution in [3.63, 3.8) is 0 Å². The van der Waals surface area contributed by atoms with Gasteiger partial charge in [0.1, 0.15) is 0 Å². The van der Waals surface area contributed by atoms with Crippen molar-refractivity contribution >= 4 is 5.97 Å². The highest BCUT2D eigenvalue weighted by atomic mass is 16.5. The van der Waals surface area contributed by atoms with E-state index in [1.54, 1.807) is 32.0 Å². The van der Waals surface area contributed by atoms with Crippen LogP contribution in [0.2, 0.25) is 0 Å². The molecule has 0 aliphatic carbocycles. The number of benzene rings is 1. The molecule has 0 N–H and O–H groups in total. The van der Waals surface area contributed by atoms with Gasteiger partial charge in [-0.15, -0.1) is 0 Å². The van der Waals surface area contributed by atoms with Gasteiger partial charge in [-0.25, -0.2) is 4.79 Å². The van der Waals surface area contributed by atoms with Crippen molar-refractivity contribution in [3.05, 3.63) is 35.4 Å². The lowest BCUT2D eigenvalue weighted by Gasteiger charge is -2.05. The zero-order chi connectivity index (χ0) is 11.3. The van der Waals surface area contributed by atoms with Crippen molar-refractivity contribution < 1.29 is 9.53 Å². The van der Waals surface area contributed by atoms with Crippen LogP contribution < -0.4 is 0 Å². The van der Waals surface area contributed by atoms with Crippen molar-refractivity contribution in [2.45, 2.75) is 19.8 Å². The molecule has 1 rings (SSSR count). The standard InChI is InChI=1S/C12H13NO2/c1-3-15-12(14)11-6-4-5-10(7-11)9(2)8-13/h4-7,9H,3H2,1-2H3. The Morgan fingerprint density at radius 3 is 2.93 bits per heavy atom. The molecule has 0 saturated carbocycles. The lowest BCUT2D eigenvalue weighted by atomic mass is 10.0. The van der Waals surface area contributed by atoms with Gasteiger partial charge in [0.2, 0.25) is 0 Å². The molecule has 0 amide bonds. The first-order valence-corrected chi connectivity index (χ1v) is 4.85. The summed E-state index contributed by atoms with van der Waals surface area (Å²) in [5.41, 5.74) is 1.33. The largest absolute Gasteiger partial charge is 0.462 e. The van der Waals surface area contributed by atoms with Crippen LogP contribution >= 0.6 is 0 Å². The lowest BCUT2D eigenvalue weighted by molar-refractivity contribution is 0.0526. The van der Waals surface area contributed by atoms with E-state index in [4.69, 9.17) is 10.00 Å². The van der Waals surface area contributed by atoms with Gasteiger partial charge in [0.15, 0.2) is 0 Å². The normalized spacial score (nSPS) is 11.5. The van der Waals surface area contributed by atoms with Crippen LogP contribution in [0.5, 0.6) is 0 Å². The number of rotatable bonds is 3. The first-order chi connectivity index (χ1) is 7.19. The Balaban J connectivity index is 2.93. The van der Waals surface area contributed by atoms with Crippen LogP contribution in [0.25, 0.3) is 0 Å². The molecule has 1 atom stereocenters. The molecule has 0 aliphatic rings. The average molecular weight is 203 g/mol. The molecule has 0 heterocycles. The van der Waals surface area contributed by atoms with Crippen molar-refractivity contribution in [1.82, 2.24) is 0 Å². The second kappa shape index (κ2) is 5.16. The maximum atomic E-state index is 11.4. The minimum atomic E-state index is -0.343. The molecule has 0 radical (unpaired) electrons. The Hall–Kier alpha value is -1.82. The van der Waals surface area contributed by atoms with E-state index < -0.39 is 0 Å². The summed E-state index contributed by atoms with van der Waals surface area (Å²) >= 11 is 0. The van der Waals surface area contributed by atoms with E-state index in [0.717, 1.165) is 5.56 Å². The summed E-state index contributed by atoms with van der Waals surface area (Å²) in [4.78, 5) is 11.4. The summed E-state index contributed by atoms with van der Waals surface area (Å²) in [7, 11) is 0. The molecule has 15 heavy (non-hydrogen) atoms. The quantitative estimate of drug-likeness (QED) is 0.709. The van der Waals surface area contributed by atoms with Crippen LogP contribution in [0.15, 0.2) is 24.3 Å². The van der Waals surface area contributed by atoms with E-state index in [-0.39, 0.29) is 11.9 Å². The zero-order valence-corrected chi connectivity index (χ0v) is 8.86. The first-order valence-electron chi connectivity index (χ1n) is 4.85. The molecule has 0 aromatic heterocycles. The summed E-state index contributed by atoms with van der Waals surface area (Å²) in [5, 5.41) is 8.75. The molecular weight excluding hydrogens is 190 g/mol. The highest BCUT2D eigenvalue weighted by Gasteiger charge is 2.09. The summed E-state index contributed by atoms with van der Waals surface area (Å²) in [6.07, 6.45) is 0. The fraction of sp³-hybridized carbons (Fsp3) is 0.333. The summed E-state index contributed by atoms with van der Waals surface area (Å²) in [6, 6.07) is 9.10. The van der Waals surface area contributed by atoms with E-state index in [0.29, 0.717) is 12.2 Å². The second-order valence-corrected chi connectivity index (χ2v) is 3.20. The molecule has 78 valence electrons. The molecule has 1 unspecified atom stereocenters. The number of ether oxygens (including phenoxy) is 1. The van der Waals surface area contributed by atoms with E-state index in [1.165, 1.54) is 0 Å². The van der Waals surface area contributed by atoms with Crippen molar-refractivity contribution in [2.24, 2.45) is 0 Å². The molecule has 3 heteroatoms. The van der Waals surface area contributed by atoms with Crippen LogP contribution in [0, 0.1) is 11.3 Å². The van der Waals surface area contributed by atoms with Crippen molar-refractivity contribution in [3.8, 4) is 6.07 Å². The molecule has 0 fully saturated rings. The average Bonchev–Trinajstić information content (AvgIpc) is 2.28. The molecule has 0 aliphatic heterocycles. The van der Waals surface area contributed by atoms with Gasteiger partial charge in [0.05, 0.1) is 24.2 Å². The number of nitriles is 1. The number of hydrogen-bond donors (Lipinski definition) is 0. The van der Waals surface area contributed by atoms with Crippen LogP contribution in [0.3, 0.4) is 0 Å². The van der Waals surface area contributed by atoms with Gasteiger partial charge in [-0.1, -0.05) is 12.1 Å². The third kappa shape index (κ3) is 2.81. The predicted octanol–water partition coefficient (Wildman–Crippen LogP) is 2.49. The molecule has 0 spiro atoms. The Morgan fingerprint density at radius 2 is 2.33 bits per heavy atom. The minimum absolute atomic E-state index is 0.209. The predicted molar refractivity (Wildman–Crippen MR) is 56.4 cm³/mol. The van der Waals surface area contributed by atoms with E-state index in [1.807, 2.05) is 6.07 Å². The Labute approximate surface area is 89.3 Å². The van der Waals surface area contributed by atoms with Crippen molar-refractivity contribution in [2.75, 3.05) is 6.61 Å². The van der Waals surface area contributed by atoms with Crippen LogP contribution in [-0.2, 0) is 4.74 Å². The lowest BCUT2D eigenvalue weighted by Crippen LogP contribution is -2.05. The van der Waals surface area contributed by atoms with Crippen molar-refractivity contribution in [1.29, 1.82) is 5.26 Å². The number of hydrogen-bond acceptors (Lipinski definition) is 3. The third-order valence-corrected chi connectivity index (χ3v) is 2.09. The molecule has 1 aromatic rings. The van der Waals surface area contributed by atoms with Crippen LogP contribution in [0.1, 0.15) is 35.7 Å². The number of nitrogens with zero attached hydrogens (tertiary/aromatic N) is 1. The summed E-state index contributed by atoms with van der Waals surface area (Å²) < 4.78 is 4.87. The minimum Gasteiger partial charge on any atom is -0.462 e. The summed E-state index contributed by atoms with van der Waals surface area (Å²) in [6.45, 7) is 3.92. The Bertz CT molecular complexity index is 393. The second-order valence-electron chi connectivity index (χ2n) is 3.20. The highest BCUT2D eigenvalue weighted by Crippen LogP contribution is 2.16. The number of carbonyl (C=O) groups excluding carboxylic acids is 1. The topological polar surface area (TPSA) is 50.1 Å². The van der Waals surface area contributed by atoms with Crippen LogP contribution in [-0.4, -0.2) is 12.6 Å². The van der Waals surface area contributed by atoms with E-state index in [9.17, 15) is 4.79 Å². The van der Waals surface area contributed by atoms with Gasteiger partial charge in [0, 0.05) is 0 Å². The Kier molecular flexibility index (Phi) is 3.87. The molecule has 0 bridgehead atoms. The monoisotopic (exact) mass is 203 g/mol. The van der Waals surface area contributed by atoms with Gasteiger partial charge >= 0.3 is 5.97 Å². The maximum Gasteiger partial charge on any atom is 0.338 e. The molecule has 0 saturated heterocycles. The smallest absolute Gasteiger partial charge is 0.338 e. The van der Waals surface area contributed by atoms with Gasteiger partial charge < -0.3 is 4.74 Å². The first kappa shape index (κ1) is 11.3. The van der Waals surface area contributed by atoms with Gasteiger partial charge in [-0.2, -0.15) is 5.26 Å². The highest BCUT2D eigenvalue weighted by molar-refractivity contribution is 5.89. The van der Waals surface area contributed by atoms with Gasteiger partial charge in [-0.3, -0.25) is 0 Å². The molecule has 3 nitrogen and oxygen atoms in total. The fourth-order valence-corrected chi connectivity index (χ4v) is 1.22. The summed E-state index contributed by atoms with van der Waals surface area (Å²) in [5.74, 6) is -0.552. The molecular formula is C12H13NO2. The van der Waals surface area contributed by atoms with E-state index in [2.05, 4.69) is 6.07 Å².